The van der Waals surface area contributed by atoms with Crippen LogP contribution in [-0.4, -0.2) is 53.9 Å². The second-order valence-electron chi connectivity index (χ2n) is 5.46. The summed E-state index contributed by atoms with van der Waals surface area (Å²) in [5.41, 5.74) is -2.03. The molecule has 0 aromatic heterocycles. The Morgan fingerprint density at radius 2 is 1.95 bits per heavy atom. The van der Waals surface area contributed by atoms with Gasteiger partial charge in [0.15, 0.2) is 11.5 Å². The normalized spacial score (nSPS) is 24.0. The largest absolute Gasteiger partial charge is 0.490 e. The highest BCUT2D eigenvalue weighted by Gasteiger charge is 2.47. The summed E-state index contributed by atoms with van der Waals surface area (Å²) in [7, 11) is 0. The van der Waals surface area contributed by atoms with E-state index in [2.05, 4.69) is 0 Å². The molecule has 0 saturated carbocycles. The van der Waals surface area contributed by atoms with Crippen LogP contribution >= 0.6 is 0 Å². The van der Waals surface area contributed by atoms with Gasteiger partial charge in [-0.3, -0.25) is 4.79 Å². The number of nitrogens with zero attached hydrogens (tertiary/aromatic N) is 1. The van der Waals surface area contributed by atoms with Gasteiger partial charge in [0, 0.05) is 24.9 Å². The lowest BCUT2D eigenvalue weighted by Gasteiger charge is -2.18. The monoisotopic (exact) mass is 309 g/mol. The molecule has 1 saturated heterocycles. The lowest BCUT2D eigenvalue weighted by Crippen LogP contribution is -2.38. The number of ether oxygens (including phenoxy) is 2. The Bertz CT molecular complexity index is 620. The third-order valence-corrected chi connectivity index (χ3v) is 3.88. The molecule has 1 N–H and O–H groups in total. The summed E-state index contributed by atoms with van der Waals surface area (Å²) >= 11 is 0. The molecule has 0 bridgehead atoms. The van der Waals surface area contributed by atoms with Gasteiger partial charge in [-0.1, -0.05) is 0 Å². The van der Waals surface area contributed by atoms with Gasteiger partial charge in [0.25, 0.3) is 5.91 Å². The number of benzene rings is 1. The highest BCUT2D eigenvalue weighted by Crippen LogP contribution is 2.32. The molecule has 2 aliphatic heterocycles. The summed E-state index contributed by atoms with van der Waals surface area (Å²) in [6.07, 6.45) is 0.561. The van der Waals surface area contributed by atoms with Crippen LogP contribution in [0, 0.1) is 0 Å². The molecule has 6 nitrogen and oxygen atoms in total. The van der Waals surface area contributed by atoms with E-state index < -0.39 is 24.1 Å². The molecule has 0 radical (unpaired) electrons. The van der Waals surface area contributed by atoms with E-state index in [1.807, 2.05) is 0 Å². The Kier molecular flexibility index (Phi) is 3.64. The number of carboxylic acids is 1. The van der Waals surface area contributed by atoms with Crippen LogP contribution in [0.4, 0.5) is 4.39 Å². The Labute approximate surface area is 126 Å². The van der Waals surface area contributed by atoms with Crippen molar-refractivity contribution in [3.05, 3.63) is 23.8 Å². The zero-order valence-electron chi connectivity index (χ0n) is 11.9. The molecule has 0 aliphatic carbocycles. The van der Waals surface area contributed by atoms with Crippen LogP contribution in [0.25, 0.3) is 0 Å². The first-order valence-electron chi connectivity index (χ1n) is 7.11. The topological polar surface area (TPSA) is 76.1 Å². The van der Waals surface area contributed by atoms with Gasteiger partial charge in [-0.2, -0.15) is 0 Å². The van der Waals surface area contributed by atoms with Crippen molar-refractivity contribution < 1.29 is 28.6 Å². The average Bonchev–Trinajstić information content (AvgIpc) is 2.77. The number of hydrogen-bond donors (Lipinski definition) is 1. The lowest BCUT2D eigenvalue weighted by atomic mass is 10.1. The molecular weight excluding hydrogens is 293 g/mol. The molecule has 22 heavy (non-hydrogen) atoms. The van der Waals surface area contributed by atoms with E-state index in [9.17, 15) is 14.0 Å². The van der Waals surface area contributed by atoms with E-state index in [0.717, 1.165) is 6.42 Å². The minimum atomic E-state index is -2.36. The van der Waals surface area contributed by atoms with Gasteiger partial charge in [0.05, 0.1) is 19.8 Å². The number of carbonyl (C=O) groups excluding carboxylic acids is 1. The minimum absolute atomic E-state index is 0.0794. The van der Waals surface area contributed by atoms with E-state index in [1.54, 1.807) is 18.2 Å². The predicted octanol–water partition coefficient (Wildman–Crippen LogP) is 1.49. The summed E-state index contributed by atoms with van der Waals surface area (Å²) < 4.78 is 25.1. The average molecular weight is 309 g/mol. The minimum Gasteiger partial charge on any atom is -0.490 e. The Hall–Kier alpha value is -2.31. The van der Waals surface area contributed by atoms with Crippen molar-refractivity contribution in [1.29, 1.82) is 0 Å². The smallest absolute Gasteiger partial charge is 0.343 e. The summed E-state index contributed by atoms with van der Waals surface area (Å²) in [5, 5.41) is 8.88. The number of rotatable bonds is 2. The van der Waals surface area contributed by atoms with E-state index in [4.69, 9.17) is 14.6 Å². The molecule has 2 aliphatic rings. The fourth-order valence-electron chi connectivity index (χ4n) is 2.60. The lowest BCUT2D eigenvalue weighted by molar-refractivity contribution is -0.149. The van der Waals surface area contributed by atoms with Crippen LogP contribution in [0.15, 0.2) is 18.2 Å². The fraction of sp³-hybridized carbons (Fsp3) is 0.467. The second-order valence-corrected chi connectivity index (χ2v) is 5.46. The predicted molar refractivity (Wildman–Crippen MR) is 74.0 cm³/mol. The SMILES string of the molecule is O=C(c1ccc2c(c1)OCCCO2)N1CCC(F)(C(=O)O)C1. The van der Waals surface area contributed by atoms with E-state index in [1.165, 1.54) is 4.90 Å². The van der Waals surface area contributed by atoms with Crippen molar-refractivity contribution in [2.75, 3.05) is 26.3 Å². The molecular formula is C15H16FNO5. The number of hydrogen-bond acceptors (Lipinski definition) is 4. The number of likely N-dealkylation sites (tertiary alicyclic amines) is 1. The second kappa shape index (κ2) is 5.47. The standard InChI is InChI=1S/C15H16FNO5/c16-15(14(19)20)4-5-17(9-15)13(18)10-2-3-11-12(8-10)22-7-1-6-21-11/h2-3,8H,1,4-7,9H2,(H,19,20). The maximum Gasteiger partial charge on any atom is 0.343 e. The van der Waals surface area contributed by atoms with Crippen LogP contribution in [0.5, 0.6) is 11.5 Å². The van der Waals surface area contributed by atoms with Crippen molar-refractivity contribution in [2.24, 2.45) is 0 Å². The number of carbonyl (C=O) groups is 2. The zero-order valence-corrected chi connectivity index (χ0v) is 11.9. The van der Waals surface area contributed by atoms with Crippen LogP contribution < -0.4 is 9.47 Å². The Morgan fingerprint density at radius 1 is 1.23 bits per heavy atom. The van der Waals surface area contributed by atoms with Gasteiger partial charge in [0.2, 0.25) is 5.67 Å². The first-order valence-corrected chi connectivity index (χ1v) is 7.11. The summed E-state index contributed by atoms with van der Waals surface area (Å²) in [6, 6.07) is 4.78. The zero-order chi connectivity index (χ0) is 15.7. The van der Waals surface area contributed by atoms with Gasteiger partial charge in [-0.15, -0.1) is 0 Å². The summed E-state index contributed by atoms with van der Waals surface area (Å²) in [6.45, 7) is 0.696. The van der Waals surface area contributed by atoms with Crippen LogP contribution in [-0.2, 0) is 4.79 Å². The van der Waals surface area contributed by atoms with Gasteiger partial charge in [-0.25, -0.2) is 9.18 Å². The third-order valence-electron chi connectivity index (χ3n) is 3.88. The summed E-state index contributed by atoms with van der Waals surface area (Å²) in [4.78, 5) is 24.5. The van der Waals surface area contributed by atoms with Crippen molar-refractivity contribution in [1.82, 2.24) is 4.90 Å². The van der Waals surface area contributed by atoms with E-state index in [0.29, 0.717) is 30.3 Å². The Balaban J connectivity index is 1.79. The van der Waals surface area contributed by atoms with Gasteiger partial charge < -0.3 is 19.5 Å². The quantitative estimate of drug-likeness (QED) is 0.895. The van der Waals surface area contributed by atoms with Gasteiger partial charge in [-0.05, 0) is 18.2 Å². The van der Waals surface area contributed by atoms with Crippen LogP contribution in [0.1, 0.15) is 23.2 Å². The first-order chi connectivity index (χ1) is 10.5. The number of carboxylic acid groups (broad SMARTS) is 1. The maximum absolute atomic E-state index is 14.1. The number of amides is 1. The van der Waals surface area contributed by atoms with Crippen molar-refractivity contribution in [3.8, 4) is 11.5 Å². The molecule has 118 valence electrons. The van der Waals surface area contributed by atoms with Crippen LogP contribution in [0.3, 0.4) is 0 Å². The fourth-order valence-corrected chi connectivity index (χ4v) is 2.60. The molecule has 2 heterocycles. The molecule has 3 rings (SSSR count). The highest BCUT2D eigenvalue weighted by molar-refractivity contribution is 5.96. The Morgan fingerprint density at radius 3 is 2.64 bits per heavy atom. The molecule has 1 fully saturated rings. The number of aliphatic carboxylic acids is 1. The molecule has 1 aromatic carbocycles. The number of halogens is 1. The summed E-state index contributed by atoms with van der Waals surface area (Å²) in [5.74, 6) is -0.883. The first kappa shape index (κ1) is 14.6. The van der Waals surface area contributed by atoms with Gasteiger partial charge in [0.1, 0.15) is 0 Å². The highest BCUT2D eigenvalue weighted by atomic mass is 19.1. The number of alkyl halides is 1. The number of fused-ring (bicyclic) bond motifs is 1. The van der Waals surface area contributed by atoms with E-state index >= 15 is 0 Å². The maximum atomic E-state index is 14.1. The molecule has 1 amide bonds. The van der Waals surface area contributed by atoms with Crippen LogP contribution in [0.2, 0.25) is 0 Å². The molecule has 1 aromatic rings. The third kappa shape index (κ3) is 2.58. The van der Waals surface area contributed by atoms with Crippen molar-refractivity contribution >= 4 is 11.9 Å². The van der Waals surface area contributed by atoms with E-state index in [-0.39, 0.29) is 13.0 Å². The molecule has 0 spiro atoms. The molecule has 1 unspecified atom stereocenters. The van der Waals surface area contributed by atoms with Crippen molar-refractivity contribution in [3.63, 3.8) is 0 Å². The van der Waals surface area contributed by atoms with Crippen molar-refractivity contribution in [2.45, 2.75) is 18.5 Å². The molecule has 7 heteroatoms. The molecule has 1 atom stereocenters. The van der Waals surface area contributed by atoms with Gasteiger partial charge >= 0.3 is 5.97 Å².